The molecule has 0 saturated carbocycles. The van der Waals surface area contributed by atoms with Crippen LogP contribution in [0.1, 0.15) is 25.0 Å². The lowest BCUT2D eigenvalue weighted by molar-refractivity contribution is -0.125. The molecule has 1 aromatic rings. The molecule has 0 radical (unpaired) electrons. The summed E-state index contributed by atoms with van der Waals surface area (Å²) < 4.78 is 18.6. The summed E-state index contributed by atoms with van der Waals surface area (Å²) in [5.74, 6) is -0.595. The highest BCUT2D eigenvalue weighted by Crippen LogP contribution is 2.34. The van der Waals surface area contributed by atoms with Crippen molar-refractivity contribution in [3.8, 4) is 0 Å². The number of hydrogen-bond acceptors (Lipinski definition) is 3. The molecular formula is C15H19FN2O3. The number of amides is 2. The largest absolute Gasteiger partial charge is 0.373 e. The number of ether oxygens (including phenoxy) is 1. The smallest absolute Gasteiger partial charge is 0.239 e. The summed E-state index contributed by atoms with van der Waals surface area (Å²) in [6.07, 6.45) is 0.703. The van der Waals surface area contributed by atoms with E-state index in [0.29, 0.717) is 13.2 Å². The Labute approximate surface area is 122 Å². The SMILES string of the molecule is CC(=O)NCC(=O)NC[C@@H]1CCO[C@H]1c1ccc(F)cc1. The number of rotatable bonds is 5. The van der Waals surface area contributed by atoms with Crippen molar-refractivity contribution in [1.82, 2.24) is 10.6 Å². The average Bonchev–Trinajstić information content (AvgIpc) is 2.92. The van der Waals surface area contributed by atoms with E-state index < -0.39 is 0 Å². The first-order chi connectivity index (χ1) is 10.1. The maximum absolute atomic E-state index is 12.9. The maximum Gasteiger partial charge on any atom is 0.239 e. The second-order valence-corrected chi connectivity index (χ2v) is 5.11. The summed E-state index contributed by atoms with van der Waals surface area (Å²) in [6, 6.07) is 6.22. The highest BCUT2D eigenvalue weighted by Gasteiger charge is 2.29. The topological polar surface area (TPSA) is 67.4 Å². The fraction of sp³-hybridized carbons (Fsp3) is 0.467. The van der Waals surface area contributed by atoms with Crippen molar-refractivity contribution in [2.75, 3.05) is 19.7 Å². The lowest BCUT2D eigenvalue weighted by atomic mass is 9.95. The molecule has 0 unspecified atom stereocenters. The minimum absolute atomic E-state index is 0.0237. The van der Waals surface area contributed by atoms with Crippen LogP contribution in [0.15, 0.2) is 24.3 Å². The van der Waals surface area contributed by atoms with Gasteiger partial charge in [0, 0.05) is 26.0 Å². The number of carbonyl (C=O) groups is 2. The van der Waals surface area contributed by atoms with Gasteiger partial charge in [0.25, 0.3) is 0 Å². The van der Waals surface area contributed by atoms with Gasteiger partial charge in [0.05, 0.1) is 12.6 Å². The van der Waals surface area contributed by atoms with Crippen LogP contribution in [0.4, 0.5) is 4.39 Å². The first-order valence-corrected chi connectivity index (χ1v) is 6.94. The standard InChI is InChI=1S/C15H19FN2O3/c1-10(19)17-9-14(20)18-8-12-6-7-21-15(12)11-2-4-13(16)5-3-11/h2-5,12,15H,6-9H2,1H3,(H,17,19)(H,18,20)/t12-,15-/m0/s1. The lowest BCUT2D eigenvalue weighted by Crippen LogP contribution is -2.38. The molecule has 2 atom stereocenters. The summed E-state index contributed by atoms with van der Waals surface area (Å²) in [5, 5.41) is 5.23. The third-order valence-corrected chi connectivity index (χ3v) is 3.47. The van der Waals surface area contributed by atoms with Crippen molar-refractivity contribution >= 4 is 11.8 Å². The van der Waals surface area contributed by atoms with E-state index in [1.807, 2.05) is 0 Å². The molecule has 1 fully saturated rings. The molecule has 0 aliphatic carbocycles. The monoisotopic (exact) mass is 294 g/mol. The molecule has 2 amide bonds. The van der Waals surface area contributed by atoms with Gasteiger partial charge in [-0.25, -0.2) is 4.39 Å². The molecular weight excluding hydrogens is 275 g/mol. The molecule has 0 spiro atoms. The highest BCUT2D eigenvalue weighted by atomic mass is 19.1. The van der Waals surface area contributed by atoms with Gasteiger partial charge in [-0.15, -0.1) is 0 Å². The molecule has 1 saturated heterocycles. The van der Waals surface area contributed by atoms with Gasteiger partial charge < -0.3 is 15.4 Å². The zero-order chi connectivity index (χ0) is 15.2. The molecule has 114 valence electrons. The molecule has 2 rings (SSSR count). The van der Waals surface area contributed by atoms with Gasteiger partial charge >= 0.3 is 0 Å². The molecule has 1 aliphatic heterocycles. The maximum atomic E-state index is 12.9. The predicted molar refractivity (Wildman–Crippen MR) is 74.9 cm³/mol. The van der Waals surface area contributed by atoms with E-state index >= 15 is 0 Å². The van der Waals surface area contributed by atoms with Gasteiger partial charge in [-0.3, -0.25) is 9.59 Å². The van der Waals surface area contributed by atoms with Crippen LogP contribution in [0.25, 0.3) is 0 Å². The summed E-state index contributed by atoms with van der Waals surface area (Å²) in [5.41, 5.74) is 0.912. The molecule has 1 aliphatic rings. The van der Waals surface area contributed by atoms with Gasteiger partial charge in [-0.2, -0.15) is 0 Å². The molecule has 2 N–H and O–H groups in total. The van der Waals surface area contributed by atoms with E-state index in [-0.39, 0.29) is 36.2 Å². The van der Waals surface area contributed by atoms with Crippen LogP contribution in [0, 0.1) is 11.7 Å². The fourth-order valence-corrected chi connectivity index (χ4v) is 2.38. The summed E-state index contributed by atoms with van der Waals surface area (Å²) in [7, 11) is 0. The number of nitrogens with one attached hydrogen (secondary N) is 2. The fourth-order valence-electron chi connectivity index (χ4n) is 2.38. The molecule has 1 aromatic carbocycles. The number of benzene rings is 1. The van der Waals surface area contributed by atoms with E-state index in [1.165, 1.54) is 19.1 Å². The van der Waals surface area contributed by atoms with E-state index in [1.54, 1.807) is 12.1 Å². The Bertz CT molecular complexity index is 504. The van der Waals surface area contributed by atoms with E-state index in [9.17, 15) is 14.0 Å². The zero-order valence-electron chi connectivity index (χ0n) is 11.9. The van der Waals surface area contributed by atoms with E-state index in [0.717, 1.165) is 12.0 Å². The molecule has 6 heteroatoms. The van der Waals surface area contributed by atoms with Gasteiger partial charge in [0.1, 0.15) is 5.82 Å². The van der Waals surface area contributed by atoms with Crippen molar-refractivity contribution in [2.24, 2.45) is 5.92 Å². The molecule has 1 heterocycles. The van der Waals surface area contributed by atoms with Crippen molar-refractivity contribution < 1.29 is 18.7 Å². The van der Waals surface area contributed by atoms with Gasteiger partial charge in [-0.1, -0.05) is 12.1 Å². The number of carbonyl (C=O) groups excluding carboxylic acids is 2. The van der Waals surface area contributed by atoms with Crippen LogP contribution in [-0.4, -0.2) is 31.5 Å². The second kappa shape index (κ2) is 7.17. The normalized spacial score (nSPS) is 21.0. The Balaban J connectivity index is 1.86. The van der Waals surface area contributed by atoms with Gasteiger partial charge in [0.15, 0.2) is 0 Å². The zero-order valence-corrected chi connectivity index (χ0v) is 11.9. The number of hydrogen-bond donors (Lipinski definition) is 2. The van der Waals surface area contributed by atoms with Crippen molar-refractivity contribution in [1.29, 1.82) is 0 Å². The Kier molecular flexibility index (Phi) is 5.27. The highest BCUT2D eigenvalue weighted by molar-refractivity contribution is 5.83. The summed E-state index contributed by atoms with van der Waals surface area (Å²) in [6.45, 7) is 2.43. The van der Waals surface area contributed by atoms with Crippen LogP contribution in [0.2, 0.25) is 0 Å². The van der Waals surface area contributed by atoms with E-state index in [2.05, 4.69) is 10.6 Å². The number of halogens is 1. The molecule has 0 aromatic heterocycles. The summed E-state index contributed by atoms with van der Waals surface area (Å²) in [4.78, 5) is 22.3. The first kappa shape index (κ1) is 15.4. The van der Waals surface area contributed by atoms with Crippen LogP contribution < -0.4 is 10.6 Å². The predicted octanol–water partition coefficient (Wildman–Crippen LogP) is 1.16. The Morgan fingerprint density at radius 2 is 2.00 bits per heavy atom. The quantitative estimate of drug-likeness (QED) is 0.856. The Morgan fingerprint density at radius 1 is 1.29 bits per heavy atom. The molecule has 21 heavy (non-hydrogen) atoms. The van der Waals surface area contributed by atoms with E-state index in [4.69, 9.17) is 4.74 Å². The van der Waals surface area contributed by atoms with Crippen LogP contribution >= 0.6 is 0 Å². The molecule has 0 bridgehead atoms. The Hall–Kier alpha value is -1.95. The molecule has 5 nitrogen and oxygen atoms in total. The average molecular weight is 294 g/mol. The third kappa shape index (κ3) is 4.53. The van der Waals surface area contributed by atoms with Crippen molar-refractivity contribution in [3.05, 3.63) is 35.6 Å². The van der Waals surface area contributed by atoms with Crippen LogP contribution in [-0.2, 0) is 14.3 Å². The third-order valence-electron chi connectivity index (χ3n) is 3.47. The van der Waals surface area contributed by atoms with Crippen LogP contribution in [0.3, 0.4) is 0 Å². The minimum atomic E-state index is -0.281. The van der Waals surface area contributed by atoms with Crippen LogP contribution in [0.5, 0.6) is 0 Å². The van der Waals surface area contributed by atoms with Crippen molar-refractivity contribution in [3.63, 3.8) is 0 Å². The van der Waals surface area contributed by atoms with Gasteiger partial charge in [-0.05, 0) is 24.1 Å². The summed E-state index contributed by atoms with van der Waals surface area (Å²) >= 11 is 0. The Morgan fingerprint density at radius 3 is 2.67 bits per heavy atom. The first-order valence-electron chi connectivity index (χ1n) is 6.94. The second-order valence-electron chi connectivity index (χ2n) is 5.11. The minimum Gasteiger partial charge on any atom is -0.373 e. The van der Waals surface area contributed by atoms with Gasteiger partial charge in [0.2, 0.25) is 11.8 Å². The van der Waals surface area contributed by atoms with Crippen molar-refractivity contribution in [2.45, 2.75) is 19.4 Å². The lowest BCUT2D eigenvalue weighted by Gasteiger charge is -2.19.